The minimum absolute atomic E-state index is 0.00128. The second-order valence-corrected chi connectivity index (χ2v) is 12.0. The molecule has 0 aliphatic carbocycles. The lowest BCUT2D eigenvalue weighted by molar-refractivity contribution is -0.145. The SMILES string of the molecule is CCCCCCOC(=O)CCN(C)C(=O)[C@H](Cc1ccccc1)NC(=O)[C@@H](CCCN=C(N)N)NC(=O)[C@H](Cc1ccc(O)cc1)N=C(N)N. The molecule has 15 heteroatoms. The Bertz CT molecular complexity index is 1410. The van der Waals surface area contributed by atoms with Crippen molar-refractivity contribution < 1.29 is 29.0 Å². The third-order valence-electron chi connectivity index (χ3n) is 7.74. The summed E-state index contributed by atoms with van der Waals surface area (Å²) in [5.74, 6) is -2.47. The monoisotopic (exact) mass is 695 g/mol. The van der Waals surface area contributed by atoms with Crippen molar-refractivity contribution in [3.63, 3.8) is 0 Å². The summed E-state index contributed by atoms with van der Waals surface area (Å²) in [5, 5.41) is 15.2. The van der Waals surface area contributed by atoms with E-state index in [9.17, 15) is 24.3 Å². The van der Waals surface area contributed by atoms with Crippen molar-refractivity contribution >= 4 is 35.6 Å². The Morgan fingerprint density at radius 2 is 1.48 bits per heavy atom. The lowest BCUT2D eigenvalue weighted by Gasteiger charge is -2.27. The molecule has 0 saturated heterocycles. The van der Waals surface area contributed by atoms with Gasteiger partial charge >= 0.3 is 5.97 Å². The molecule has 0 aliphatic heterocycles. The number of carbonyl (C=O) groups is 4. The van der Waals surface area contributed by atoms with E-state index in [-0.39, 0.29) is 56.4 Å². The number of likely N-dealkylation sites (N-methyl/N-ethyl adjacent to an activating group) is 1. The van der Waals surface area contributed by atoms with Gasteiger partial charge in [0.15, 0.2) is 11.9 Å². The summed E-state index contributed by atoms with van der Waals surface area (Å²) in [6.45, 7) is 2.71. The molecule has 3 amide bonds. The van der Waals surface area contributed by atoms with Crippen LogP contribution in [0.3, 0.4) is 0 Å². The molecular formula is C35H53N9O6. The van der Waals surface area contributed by atoms with Crippen LogP contribution in [0.5, 0.6) is 5.75 Å². The summed E-state index contributed by atoms with van der Waals surface area (Å²) in [7, 11) is 1.55. The van der Waals surface area contributed by atoms with Gasteiger partial charge in [-0.1, -0.05) is 68.7 Å². The largest absolute Gasteiger partial charge is 0.508 e. The van der Waals surface area contributed by atoms with Gasteiger partial charge in [0.25, 0.3) is 0 Å². The van der Waals surface area contributed by atoms with Gasteiger partial charge in [0.1, 0.15) is 23.9 Å². The first-order chi connectivity index (χ1) is 23.9. The number of nitrogens with two attached hydrogens (primary N) is 4. The van der Waals surface area contributed by atoms with E-state index < -0.39 is 41.8 Å². The summed E-state index contributed by atoms with van der Waals surface area (Å²) in [6.07, 6.45) is 4.58. The van der Waals surface area contributed by atoms with Crippen LogP contribution in [0.25, 0.3) is 0 Å². The lowest BCUT2D eigenvalue weighted by Crippen LogP contribution is -2.56. The molecular weight excluding hydrogens is 642 g/mol. The van der Waals surface area contributed by atoms with Gasteiger partial charge in [-0.3, -0.25) is 24.2 Å². The van der Waals surface area contributed by atoms with Gasteiger partial charge in [-0.2, -0.15) is 0 Å². The second-order valence-electron chi connectivity index (χ2n) is 12.0. The predicted octanol–water partition coefficient (Wildman–Crippen LogP) is 0.815. The van der Waals surface area contributed by atoms with E-state index in [1.807, 2.05) is 30.3 Å². The fourth-order valence-corrected chi connectivity index (χ4v) is 5.02. The Kier molecular flexibility index (Phi) is 18.2. The van der Waals surface area contributed by atoms with Gasteiger partial charge in [0, 0.05) is 33.0 Å². The molecule has 0 spiro atoms. The van der Waals surface area contributed by atoms with E-state index in [0.29, 0.717) is 18.6 Å². The van der Waals surface area contributed by atoms with Crippen LogP contribution in [0.15, 0.2) is 64.6 Å². The zero-order chi connectivity index (χ0) is 36.9. The van der Waals surface area contributed by atoms with Crippen LogP contribution < -0.4 is 33.6 Å². The molecule has 0 unspecified atom stereocenters. The van der Waals surface area contributed by atoms with Gasteiger partial charge < -0.3 is 48.3 Å². The molecule has 3 atom stereocenters. The van der Waals surface area contributed by atoms with Gasteiger partial charge in [0.05, 0.1) is 13.0 Å². The van der Waals surface area contributed by atoms with Crippen molar-refractivity contribution in [2.24, 2.45) is 32.9 Å². The topological polar surface area (TPSA) is 254 Å². The number of hydrogen-bond acceptors (Lipinski definition) is 8. The van der Waals surface area contributed by atoms with E-state index in [4.69, 9.17) is 27.7 Å². The number of rotatable bonds is 22. The number of guanidine groups is 2. The maximum Gasteiger partial charge on any atom is 0.307 e. The normalized spacial score (nSPS) is 12.4. The number of esters is 1. The Morgan fingerprint density at radius 1 is 0.820 bits per heavy atom. The summed E-state index contributed by atoms with van der Waals surface area (Å²) in [5.41, 5.74) is 23.6. The zero-order valence-corrected chi connectivity index (χ0v) is 29.1. The quantitative estimate of drug-likeness (QED) is 0.0395. The highest BCUT2D eigenvalue weighted by molar-refractivity contribution is 5.94. The first-order valence-electron chi connectivity index (χ1n) is 16.9. The Labute approximate surface area is 293 Å². The first kappa shape index (κ1) is 40.8. The summed E-state index contributed by atoms with van der Waals surface area (Å²) in [6, 6.07) is 12.1. The number of amides is 3. The van der Waals surface area contributed by atoms with E-state index in [1.54, 1.807) is 19.2 Å². The molecule has 11 N–H and O–H groups in total. The van der Waals surface area contributed by atoms with E-state index >= 15 is 0 Å². The van der Waals surface area contributed by atoms with Crippen LogP contribution in [0.4, 0.5) is 0 Å². The molecule has 0 fully saturated rings. The average molecular weight is 696 g/mol. The molecule has 0 saturated carbocycles. The van der Waals surface area contributed by atoms with E-state index in [1.165, 1.54) is 17.0 Å². The number of aromatic hydroxyl groups is 1. The molecule has 2 aromatic carbocycles. The van der Waals surface area contributed by atoms with Crippen LogP contribution in [-0.2, 0) is 36.8 Å². The van der Waals surface area contributed by atoms with Crippen LogP contribution >= 0.6 is 0 Å². The average Bonchev–Trinajstić information content (AvgIpc) is 3.08. The lowest BCUT2D eigenvalue weighted by atomic mass is 10.0. The maximum absolute atomic E-state index is 13.9. The number of phenolic OH excluding ortho intramolecular Hbond substituents is 1. The molecule has 50 heavy (non-hydrogen) atoms. The minimum Gasteiger partial charge on any atom is -0.508 e. The van der Waals surface area contributed by atoms with Crippen molar-refractivity contribution in [2.75, 3.05) is 26.7 Å². The molecule has 15 nitrogen and oxygen atoms in total. The highest BCUT2D eigenvalue weighted by Crippen LogP contribution is 2.14. The fourth-order valence-electron chi connectivity index (χ4n) is 5.02. The first-order valence-corrected chi connectivity index (χ1v) is 16.9. The number of hydrogen-bond donors (Lipinski definition) is 7. The van der Waals surface area contributed by atoms with Crippen LogP contribution in [0.2, 0.25) is 0 Å². The number of phenols is 1. The van der Waals surface area contributed by atoms with Gasteiger partial charge in [-0.25, -0.2) is 4.99 Å². The van der Waals surface area contributed by atoms with Crippen molar-refractivity contribution in [3.8, 4) is 5.75 Å². The molecule has 2 rings (SSSR count). The summed E-state index contributed by atoms with van der Waals surface area (Å²) in [4.78, 5) is 62.9. The van der Waals surface area contributed by atoms with E-state index in [0.717, 1.165) is 31.2 Å². The van der Waals surface area contributed by atoms with Crippen molar-refractivity contribution in [1.29, 1.82) is 0 Å². The van der Waals surface area contributed by atoms with Crippen molar-refractivity contribution in [2.45, 2.75) is 82.8 Å². The van der Waals surface area contributed by atoms with Crippen molar-refractivity contribution in [3.05, 3.63) is 65.7 Å². The molecule has 0 heterocycles. The smallest absolute Gasteiger partial charge is 0.307 e. The highest BCUT2D eigenvalue weighted by atomic mass is 16.5. The van der Waals surface area contributed by atoms with Gasteiger partial charge in [-0.05, 0) is 42.5 Å². The number of aliphatic imine (C=N–C) groups is 2. The van der Waals surface area contributed by atoms with E-state index in [2.05, 4.69) is 27.5 Å². The standard InChI is InChI=1S/C35H53N9O6/c1-3-4-5-9-21-50-30(46)18-20-44(2)33(49)29(23-24-11-7-6-8-12-24)42-31(47)27(13-10-19-40-34(36)37)41-32(48)28(43-35(38)39)22-25-14-16-26(45)17-15-25/h6-8,11-12,14-17,27-29,45H,3-5,9-10,13,18-23H2,1-2H3,(H,41,48)(H,42,47)(H4,36,37,40)(H4,38,39,43)/t27-,28+,29+/m1/s1. The molecule has 0 aliphatic rings. The summed E-state index contributed by atoms with van der Waals surface area (Å²) < 4.78 is 5.31. The molecule has 0 bridgehead atoms. The molecule has 0 radical (unpaired) electrons. The minimum atomic E-state index is -1.12. The number of benzene rings is 2. The second kappa shape index (κ2) is 22.3. The maximum atomic E-state index is 13.9. The summed E-state index contributed by atoms with van der Waals surface area (Å²) >= 11 is 0. The highest BCUT2D eigenvalue weighted by Gasteiger charge is 2.30. The molecule has 274 valence electrons. The van der Waals surface area contributed by atoms with Crippen LogP contribution in [0, 0.1) is 0 Å². The number of unbranched alkanes of at least 4 members (excludes halogenated alkanes) is 3. The third-order valence-corrected chi connectivity index (χ3v) is 7.74. The van der Waals surface area contributed by atoms with Gasteiger partial charge in [0.2, 0.25) is 17.7 Å². The van der Waals surface area contributed by atoms with Crippen LogP contribution in [0.1, 0.15) is 63.0 Å². The van der Waals surface area contributed by atoms with Crippen molar-refractivity contribution in [1.82, 2.24) is 15.5 Å². The molecule has 0 aromatic heterocycles. The molecule has 2 aromatic rings. The number of carbonyl (C=O) groups excluding carboxylic acids is 4. The Hall–Kier alpha value is -5.34. The van der Waals surface area contributed by atoms with Crippen LogP contribution in [-0.4, -0.2) is 90.5 Å². The third kappa shape index (κ3) is 16.2. The predicted molar refractivity (Wildman–Crippen MR) is 193 cm³/mol. The number of ether oxygens (including phenoxy) is 1. The zero-order valence-electron chi connectivity index (χ0n) is 29.1. The Balaban J connectivity index is 2.24. The Morgan fingerprint density at radius 3 is 2.12 bits per heavy atom. The number of nitrogens with one attached hydrogen (secondary N) is 2. The van der Waals surface area contributed by atoms with Gasteiger partial charge in [-0.15, -0.1) is 0 Å². The number of nitrogens with zero attached hydrogens (tertiary/aromatic N) is 3. The fraction of sp³-hybridized carbons (Fsp3) is 0.486.